The molecule has 1 fully saturated rings. The number of thiocarbonyl (C=S) groups is 1. The second-order valence-electron chi connectivity index (χ2n) is 6.38. The maximum absolute atomic E-state index is 13.0. The largest absolute Gasteiger partial charge is 0.480 e. The predicted molar refractivity (Wildman–Crippen MR) is 116 cm³/mol. The van der Waals surface area contributed by atoms with Gasteiger partial charge in [-0.15, -0.1) is 0 Å². The number of rotatable bonds is 5. The van der Waals surface area contributed by atoms with E-state index in [9.17, 15) is 14.7 Å². The third-order valence-corrected chi connectivity index (χ3v) is 5.77. The van der Waals surface area contributed by atoms with Crippen LogP contribution in [0, 0.1) is 0 Å². The van der Waals surface area contributed by atoms with Crippen molar-refractivity contribution in [2.75, 3.05) is 0 Å². The molecule has 4 rings (SSSR count). The van der Waals surface area contributed by atoms with Crippen molar-refractivity contribution in [2.45, 2.75) is 12.5 Å². The molecule has 1 amide bonds. The number of carboxylic acid groups (broad SMARTS) is 1. The van der Waals surface area contributed by atoms with Gasteiger partial charge in [-0.3, -0.25) is 14.7 Å². The molecule has 0 bridgehead atoms. The van der Waals surface area contributed by atoms with Gasteiger partial charge < -0.3 is 5.11 Å². The molecule has 3 aromatic rings. The first kappa shape index (κ1) is 19.2. The van der Waals surface area contributed by atoms with E-state index in [-0.39, 0.29) is 10.7 Å². The number of benzene rings is 2. The van der Waals surface area contributed by atoms with Crippen molar-refractivity contribution in [3.05, 3.63) is 77.0 Å². The van der Waals surface area contributed by atoms with Crippen LogP contribution in [-0.4, -0.2) is 42.2 Å². The molecule has 1 N–H and O–H groups in total. The second-order valence-corrected chi connectivity index (χ2v) is 8.05. The van der Waals surface area contributed by atoms with Crippen LogP contribution in [0.25, 0.3) is 17.1 Å². The van der Waals surface area contributed by atoms with E-state index < -0.39 is 17.9 Å². The molecule has 2 aromatic carbocycles. The molecule has 0 unspecified atom stereocenters. The zero-order valence-corrected chi connectivity index (χ0v) is 16.7. The number of aliphatic carboxylic acids is 1. The lowest BCUT2D eigenvalue weighted by atomic mass is 10.0. The van der Waals surface area contributed by atoms with E-state index in [4.69, 9.17) is 12.2 Å². The van der Waals surface area contributed by atoms with Gasteiger partial charge in [0.2, 0.25) is 0 Å². The van der Waals surface area contributed by atoms with Crippen LogP contribution in [0.3, 0.4) is 0 Å². The number of hydrogen-bond donors (Lipinski definition) is 1. The molecule has 1 aliphatic heterocycles. The summed E-state index contributed by atoms with van der Waals surface area (Å²) in [7, 11) is 0. The van der Waals surface area contributed by atoms with Crippen LogP contribution in [0.5, 0.6) is 0 Å². The lowest BCUT2D eigenvalue weighted by Gasteiger charge is -2.23. The molecule has 0 spiro atoms. The predicted octanol–water partition coefficient (Wildman–Crippen LogP) is 3.53. The summed E-state index contributed by atoms with van der Waals surface area (Å²) < 4.78 is 0.221. The van der Waals surface area contributed by atoms with Crippen molar-refractivity contribution in [2.24, 2.45) is 0 Å². The molecular formula is C21H15N3O3S2. The van der Waals surface area contributed by atoms with Crippen molar-refractivity contribution in [1.82, 2.24) is 14.9 Å². The van der Waals surface area contributed by atoms with Crippen LogP contribution in [0.15, 0.2) is 65.7 Å². The smallest absolute Gasteiger partial charge is 0.327 e. The maximum atomic E-state index is 13.0. The van der Waals surface area contributed by atoms with Gasteiger partial charge in [0.15, 0.2) is 0 Å². The Hall–Kier alpha value is -3.10. The minimum absolute atomic E-state index is 0.172. The summed E-state index contributed by atoms with van der Waals surface area (Å²) >= 11 is 6.40. The van der Waals surface area contributed by atoms with Crippen LogP contribution in [0.2, 0.25) is 0 Å². The number of nitrogens with zero attached hydrogens (tertiary/aromatic N) is 3. The molecule has 6 nitrogen and oxygen atoms in total. The molecule has 1 aliphatic rings. The van der Waals surface area contributed by atoms with Crippen LogP contribution >= 0.6 is 24.0 Å². The summed E-state index contributed by atoms with van der Waals surface area (Å²) in [6.07, 6.45) is 3.35. The highest BCUT2D eigenvalue weighted by Crippen LogP contribution is 2.34. The van der Waals surface area contributed by atoms with Gasteiger partial charge in [0.25, 0.3) is 5.91 Å². The molecule has 0 radical (unpaired) electrons. The van der Waals surface area contributed by atoms with Gasteiger partial charge in [-0.05, 0) is 23.8 Å². The topological polar surface area (TPSA) is 83.4 Å². The Balaban J connectivity index is 1.62. The molecule has 8 heteroatoms. The number of aromatic nitrogens is 2. The third-order valence-electron chi connectivity index (χ3n) is 4.44. The monoisotopic (exact) mass is 421 g/mol. The molecule has 0 saturated carbocycles. The van der Waals surface area contributed by atoms with E-state index in [0.29, 0.717) is 16.1 Å². The fourth-order valence-corrected chi connectivity index (χ4v) is 4.39. The Morgan fingerprint density at radius 1 is 1.14 bits per heavy atom. The molecule has 1 atom stereocenters. The van der Waals surface area contributed by atoms with Crippen molar-refractivity contribution < 1.29 is 14.7 Å². The lowest BCUT2D eigenvalue weighted by molar-refractivity contribution is -0.145. The summed E-state index contributed by atoms with van der Waals surface area (Å²) in [4.78, 5) is 35.2. The van der Waals surface area contributed by atoms with Crippen LogP contribution in [0.4, 0.5) is 0 Å². The number of hydrogen-bond acceptors (Lipinski definition) is 6. The molecule has 2 heterocycles. The van der Waals surface area contributed by atoms with Gasteiger partial charge in [-0.1, -0.05) is 66.4 Å². The summed E-state index contributed by atoms with van der Waals surface area (Å²) in [6, 6.07) is 15.5. The third kappa shape index (κ3) is 4.03. The number of carbonyl (C=O) groups is 2. The SMILES string of the molecule is O=C(O)[C@@H](Cc1ccccc1)N1C(=O)/C(=C/c2cnc3ccccc3n2)SC1=S. The summed E-state index contributed by atoms with van der Waals surface area (Å²) in [5.41, 5.74) is 2.80. The Labute approximate surface area is 176 Å². The fourth-order valence-electron chi connectivity index (χ4n) is 3.05. The number of fused-ring (bicyclic) bond motifs is 1. The van der Waals surface area contributed by atoms with Crippen LogP contribution in [-0.2, 0) is 16.0 Å². The average molecular weight is 422 g/mol. The molecule has 1 aromatic heterocycles. The molecule has 144 valence electrons. The van der Waals surface area contributed by atoms with Gasteiger partial charge >= 0.3 is 5.97 Å². The number of carboxylic acids is 1. The van der Waals surface area contributed by atoms with Crippen molar-refractivity contribution >= 4 is 57.3 Å². The fraction of sp³-hybridized carbons (Fsp3) is 0.0952. The number of thioether (sulfide) groups is 1. The zero-order valence-electron chi connectivity index (χ0n) is 15.1. The van der Waals surface area contributed by atoms with Gasteiger partial charge in [0.05, 0.1) is 27.8 Å². The van der Waals surface area contributed by atoms with E-state index in [0.717, 1.165) is 22.8 Å². The first-order valence-corrected chi connectivity index (χ1v) is 10.0. The zero-order chi connectivity index (χ0) is 20.4. The highest BCUT2D eigenvalue weighted by molar-refractivity contribution is 8.26. The molecule has 0 aliphatic carbocycles. The van der Waals surface area contributed by atoms with Gasteiger partial charge in [-0.25, -0.2) is 9.78 Å². The Morgan fingerprint density at radius 3 is 2.55 bits per heavy atom. The van der Waals surface area contributed by atoms with Crippen molar-refractivity contribution in [3.63, 3.8) is 0 Å². The van der Waals surface area contributed by atoms with Crippen molar-refractivity contribution in [3.8, 4) is 0 Å². The van der Waals surface area contributed by atoms with E-state index in [1.54, 1.807) is 12.3 Å². The minimum Gasteiger partial charge on any atom is -0.480 e. The highest BCUT2D eigenvalue weighted by Gasteiger charge is 2.40. The maximum Gasteiger partial charge on any atom is 0.327 e. The Kier molecular flexibility index (Phi) is 5.37. The number of para-hydroxylation sites is 2. The van der Waals surface area contributed by atoms with Gasteiger partial charge in [-0.2, -0.15) is 0 Å². The quantitative estimate of drug-likeness (QED) is 0.498. The van der Waals surface area contributed by atoms with E-state index in [1.165, 1.54) is 4.90 Å². The summed E-state index contributed by atoms with van der Waals surface area (Å²) in [5.74, 6) is -1.53. The molecule has 1 saturated heterocycles. The summed E-state index contributed by atoms with van der Waals surface area (Å²) in [6.45, 7) is 0. The first-order chi connectivity index (χ1) is 14.0. The highest BCUT2D eigenvalue weighted by atomic mass is 32.2. The summed E-state index contributed by atoms with van der Waals surface area (Å²) in [5, 5.41) is 9.72. The van der Waals surface area contributed by atoms with E-state index >= 15 is 0 Å². The second kappa shape index (κ2) is 8.10. The van der Waals surface area contributed by atoms with Gasteiger partial charge in [0, 0.05) is 6.42 Å². The molecule has 29 heavy (non-hydrogen) atoms. The minimum atomic E-state index is -1.10. The van der Waals surface area contributed by atoms with E-state index in [1.807, 2.05) is 54.6 Å². The van der Waals surface area contributed by atoms with Crippen molar-refractivity contribution in [1.29, 1.82) is 0 Å². The first-order valence-electron chi connectivity index (χ1n) is 8.78. The number of amides is 1. The van der Waals surface area contributed by atoms with Gasteiger partial charge in [0.1, 0.15) is 10.4 Å². The Morgan fingerprint density at radius 2 is 1.83 bits per heavy atom. The van der Waals surface area contributed by atoms with Crippen LogP contribution in [0.1, 0.15) is 11.3 Å². The number of carbonyl (C=O) groups excluding carboxylic acids is 1. The molecular weight excluding hydrogens is 406 g/mol. The Bertz CT molecular complexity index is 1150. The standard InChI is InChI=1S/C21H15N3O3S2/c25-19-18(11-14-12-22-15-8-4-5-9-16(15)23-14)29-21(28)24(19)17(20(26)27)10-13-6-2-1-3-7-13/h1-9,11-12,17H,10H2,(H,26,27)/b18-11-/t17-/m1/s1. The van der Waals surface area contributed by atoms with E-state index in [2.05, 4.69) is 9.97 Å². The lowest BCUT2D eigenvalue weighted by Crippen LogP contribution is -2.45. The normalized spacial score (nSPS) is 16.6. The average Bonchev–Trinajstić information content (AvgIpc) is 2.99. The van der Waals surface area contributed by atoms with Crippen LogP contribution < -0.4 is 0 Å².